The Morgan fingerprint density at radius 2 is 1.79 bits per heavy atom. The molecule has 0 bridgehead atoms. The van der Waals surface area contributed by atoms with Crippen molar-refractivity contribution in [3.63, 3.8) is 0 Å². The van der Waals surface area contributed by atoms with Gasteiger partial charge in [0.25, 0.3) is 5.56 Å². The topological polar surface area (TPSA) is 114 Å². The molecule has 2 aromatic heterocycles. The number of anilines is 1. The van der Waals surface area contributed by atoms with E-state index in [1.165, 1.54) is 23.7 Å². The van der Waals surface area contributed by atoms with Crippen molar-refractivity contribution in [3.05, 3.63) is 47.0 Å². The van der Waals surface area contributed by atoms with Gasteiger partial charge in [-0.3, -0.25) is 13.7 Å². The number of rotatable bonds is 6. The highest BCUT2D eigenvalue weighted by Gasteiger charge is 2.19. The lowest BCUT2D eigenvalue weighted by molar-refractivity contribution is 0.250. The molecule has 3 aromatic rings. The Kier molecular flexibility index (Phi) is 5.63. The van der Waals surface area contributed by atoms with Crippen LogP contribution in [-0.2, 0) is 16.6 Å². The van der Waals surface area contributed by atoms with E-state index in [1.54, 1.807) is 22.4 Å². The number of fused-ring (bicyclic) bond motifs is 1. The average Bonchev–Trinajstić information content (AvgIpc) is 3.04. The number of aryl methyl sites for hydroxylation is 1. The lowest BCUT2D eigenvalue weighted by Gasteiger charge is -2.34. The average molecular weight is 435 g/mol. The van der Waals surface area contributed by atoms with Crippen LogP contribution < -0.4 is 15.6 Å². The van der Waals surface area contributed by atoms with Crippen LogP contribution in [0.25, 0.3) is 10.1 Å². The van der Waals surface area contributed by atoms with Gasteiger partial charge in [-0.2, -0.15) is 0 Å². The predicted molar refractivity (Wildman–Crippen MR) is 113 cm³/mol. The SMILES string of the molecule is NS(=O)(=O)c1ccc2sn(CCCN3CCN(c4ncccn4)CC3)c(=O)c2c1. The summed E-state index contributed by atoms with van der Waals surface area (Å²) in [6, 6.07) is 6.26. The summed E-state index contributed by atoms with van der Waals surface area (Å²) in [6.45, 7) is 5.11. The molecular formula is C18H22N6O3S2. The molecule has 3 heterocycles. The van der Waals surface area contributed by atoms with Crippen molar-refractivity contribution in [3.8, 4) is 0 Å². The third kappa shape index (κ3) is 4.47. The first-order valence-electron chi connectivity index (χ1n) is 9.33. The van der Waals surface area contributed by atoms with Gasteiger partial charge in [0.05, 0.1) is 15.0 Å². The van der Waals surface area contributed by atoms with E-state index in [0.29, 0.717) is 11.9 Å². The molecule has 1 aliphatic rings. The quantitative estimate of drug-likeness (QED) is 0.608. The van der Waals surface area contributed by atoms with E-state index < -0.39 is 10.0 Å². The molecule has 1 saturated heterocycles. The Hall–Kier alpha value is -2.34. The Morgan fingerprint density at radius 3 is 2.48 bits per heavy atom. The van der Waals surface area contributed by atoms with Crippen molar-refractivity contribution >= 4 is 37.6 Å². The maximum Gasteiger partial charge on any atom is 0.268 e. The van der Waals surface area contributed by atoms with Gasteiger partial charge in [-0.1, -0.05) is 11.5 Å². The Balaban J connectivity index is 1.34. The van der Waals surface area contributed by atoms with Crippen LogP contribution in [0.15, 0.2) is 46.3 Å². The summed E-state index contributed by atoms with van der Waals surface area (Å²) in [7, 11) is -3.82. The Bertz CT molecular complexity index is 1150. The molecule has 0 aliphatic carbocycles. The molecule has 29 heavy (non-hydrogen) atoms. The highest BCUT2D eigenvalue weighted by Crippen LogP contribution is 2.20. The molecule has 9 nitrogen and oxygen atoms in total. The largest absolute Gasteiger partial charge is 0.338 e. The van der Waals surface area contributed by atoms with Crippen LogP contribution in [0.1, 0.15) is 6.42 Å². The van der Waals surface area contributed by atoms with Crippen LogP contribution in [0.4, 0.5) is 5.95 Å². The molecule has 1 aromatic carbocycles. The van der Waals surface area contributed by atoms with E-state index >= 15 is 0 Å². The fraction of sp³-hybridized carbons (Fsp3) is 0.389. The molecule has 11 heteroatoms. The summed E-state index contributed by atoms with van der Waals surface area (Å²) < 4.78 is 25.5. The third-order valence-corrected chi connectivity index (χ3v) is 7.02. The lowest BCUT2D eigenvalue weighted by Crippen LogP contribution is -2.47. The second kappa shape index (κ2) is 8.19. The van der Waals surface area contributed by atoms with Gasteiger partial charge in [0.1, 0.15) is 0 Å². The minimum atomic E-state index is -3.82. The van der Waals surface area contributed by atoms with Crippen LogP contribution in [0.5, 0.6) is 0 Å². The molecule has 1 fully saturated rings. The normalized spacial score (nSPS) is 15.8. The van der Waals surface area contributed by atoms with Gasteiger partial charge in [0.15, 0.2) is 0 Å². The number of sulfonamides is 1. The van der Waals surface area contributed by atoms with E-state index in [4.69, 9.17) is 5.14 Å². The molecule has 4 rings (SSSR count). The van der Waals surface area contributed by atoms with Crippen molar-refractivity contribution in [2.24, 2.45) is 5.14 Å². The number of piperazine rings is 1. The summed E-state index contributed by atoms with van der Waals surface area (Å²) >= 11 is 1.35. The highest BCUT2D eigenvalue weighted by atomic mass is 32.2. The van der Waals surface area contributed by atoms with Gasteiger partial charge in [0.2, 0.25) is 16.0 Å². The Morgan fingerprint density at radius 1 is 1.07 bits per heavy atom. The van der Waals surface area contributed by atoms with Crippen molar-refractivity contribution < 1.29 is 8.42 Å². The van der Waals surface area contributed by atoms with Gasteiger partial charge in [-0.25, -0.2) is 23.5 Å². The summed E-state index contributed by atoms with van der Waals surface area (Å²) in [5.41, 5.74) is -0.165. The smallest absolute Gasteiger partial charge is 0.268 e. The second-order valence-corrected chi connectivity index (χ2v) is 9.56. The molecule has 0 unspecified atom stereocenters. The van der Waals surface area contributed by atoms with Gasteiger partial charge in [-0.05, 0) is 30.7 Å². The summed E-state index contributed by atoms with van der Waals surface area (Å²) in [6.07, 6.45) is 4.35. The Labute approximate surface area is 172 Å². The molecule has 154 valence electrons. The zero-order valence-corrected chi connectivity index (χ0v) is 17.4. The molecule has 0 radical (unpaired) electrons. The van der Waals surface area contributed by atoms with E-state index in [2.05, 4.69) is 19.8 Å². The van der Waals surface area contributed by atoms with Crippen molar-refractivity contribution in [2.45, 2.75) is 17.9 Å². The highest BCUT2D eigenvalue weighted by molar-refractivity contribution is 7.89. The number of aromatic nitrogens is 3. The fourth-order valence-corrected chi connectivity index (χ4v) is 4.99. The number of nitrogens with zero attached hydrogens (tertiary/aromatic N) is 5. The fourth-order valence-electron chi connectivity index (χ4n) is 3.44. The molecule has 0 atom stereocenters. The van der Waals surface area contributed by atoms with Gasteiger partial charge < -0.3 is 4.90 Å². The van der Waals surface area contributed by atoms with E-state index in [0.717, 1.165) is 49.8 Å². The maximum absolute atomic E-state index is 12.6. The second-order valence-electron chi connectivity index (χ2n) is 6.93. The standard InChI is InChI=1S/C18H22N6O3S2/c19-29(26,27)14-3-4-16-15(13-14)17(25)24(28-16)8-2-7-22-9-11-23(12-10-22)18-20-5-1-6-21-18/h1,3-6,13H,2,7-12H2,(H2,19,26,27). The first-order valence-corrected chi connectivity index (χ1v) is 11.6. The van der Waals surface area contributed by atoms with Crippen LogP contribution in [0.2, 0.25) is 0 Å². The van der Waals surface area contributed by atoms with Crippen molar-refractivity contribution in [1.29, 1.82) is 0 Å². The van der Waals surface area contributed by atoms with Gasteiger partial charge in [-0.15, -0.1) is 0 Å². The molecular weight excluding hydrogens is 412 g/mol. The minimum Gasteiger partial charge on any atom is -0.338 e. The lowest BCUT2D eigenvalue weighted by atomic mass is 10.3. The molecule has 2 N–H and O–H groups in total. The van der Waals surface area contributed by atoms with E-state index in [1.807, 2.05) is 6.07 Å². The molecule has 1 aliphatic heterocycles. The third-order valence-electron chi connectivity index (χ3n) is 4.99. The van der Waals surface area contributed by atoms with Crippen LogP contribution in [0.3, 0.4) is 0 Å². The van der Waals surface area contributed by atoms with Gasteiger partial charge >= 0.3 is 0 Å². The zero-order valence-electron chi connectivity index (χ0n) is 15.8. The van der Waals surface area contributed by atoms with Crippen LogP contribution in [-0.4, -0.2) is 60.0 Å². The number of hydrogen-bond donors (Lipinski definition) is 1. The molecule has 0 saturated carbocycles. The first-order chi connectivity index (χ1) is 13.9. The molecule has 0 amide bonds. The monoisotopic (exact) mass is 434 g/mol. The van der Waals surface area contributed by atoms with Crippen LogP contribution >= 0.6 is 11.5 Å². The van der Waals surface area contributed by atoms with Crippen molar-refractivity contribution in [2.75, 3.05) is 37.6 Å². The maximum atomic E-state index is 12.6. The number of hydrogen-bond acceptors (Lipinski definition) is 8. The van der Waals surface area contributed by atoms with Gasteiger partial charge in [0, 0.05) is 51.7 Å². The van der Waals surface area contributed by atoms with Crippen LogP contribution in [0, 0.1) is 0 Å². The zero-order chi connectivity index (χ0) is 20.4. The van der Waals surface area contributed by atoms with E-state index in [9.17, 15) is 13.2 Å². The summed E-state index contributed by atoms with van der Waals surface area (Å²) in [4.78, 5) is 25.7. The van der Waals surface area contributed by atoms with E-state index in [-0.39, 0.29) is 10.5 Å². The summed E-state index contributed by atoms with van der Waals surface area (Å²) in [5, 5.41) is 5.57. The first kappa shape index (κ1) is 20.0. The summed E-state index contributed by atoms with van der Waals surface area (Å²) in [5.74, 6) is 0.767. The number of nitrogens with two attached hydrogens (primary N) is 1. The predicted octanol–water partition coefficient (Wildman–Crippen LogP) is 0.713. The van der Waals surface area contributed by atoms with Crippen molar-refractivity contribution in [1.82, 2.24) is 18.8 Å². The number of primary sulfonamides is 1. The molecule has 0 spiro atoms. The number of benzene rings is 1. The minimum absolute atomic E-state index is 0.0349.